The van der Waals surface area contributed by atoms with Gasteiger partial charge in [-0.15, -0.1) is 0 Å². The van der Waals surface area contributed by atoms with Gasteiger partial charge in [0.1, 0.15) is 5.60 Å². The van der Waals surface area contributed by atoms with Crippen LogP contribution in [0.2, 0.25) is 0 Å². The SMILES string of the molecule is CC(C)(C)OC(=O)N1C2CC[C@H]1C1(C2)N[C@H](c2ccccc2)[C@@H](c2ccccc2)N1. The fourth-order valence-corrected chi connectivity index (χ4v) is 5.61. The van der Waals surface area contributed by atoms with Crippen molar-refractivity contribution in [2.75, 3.05) is 0 Å². The third kappa shape index (κ3) is 3.30. The van der Waals surface area contributed by atoms with Crippen LogP contribution in [0.3, 0.4) is 0 Å². The summed E-state index contributed by atoms with van der Waals surface area (Å²) in [5, 5.41) is 7.90. The predicted octanol–water partition coefficient (Wildman–Crippen LogP) is 4.53. The molecule has 2 aromatic carbocycles. The highest BCUT2D eigenvalue weighted by Crippen LogP contribution is 2.50. The largest absolute Gasteiger partial charge is 0.444 e. The molecule has 5 heteroatoms. The van der Waals surface area contributed by atoms with Gasteiger partial charge in [-0.05, 0) is 44.7 Å². The second-order valence-corrected chi connectivity index (χ2v) is 9.88. The number of benzene rings is 2. The summed E-state index contributed by atoms with van der Waals surface area (Å²) >= 11 is 0. The molecule has 3 aliphatic rings. The van der Waals surface area contributed by atoms with Crippen LogP contribution < -0.4 is 10.6 Å². The molecule has 5 nitrogen and oxygen atoms in total. The Morgan fingerprint density at radius 3 is 1.97 bits per heavy atom. The maximum absolute atomic E-state index is 13.0. The molecule has 0 aliphatic carbocycles. The third-order valence-electron chi connectivity index (χ3n) is 6.71. The molecule has 30 heavy (non-hydrogen) atoms. The Hall–Kier alpha value is -2.37. The van der Waals surface area contributed by atoms with E-state index in [1.54, 1.807) is 0 Å². The highest BCUT2D eigenvalue weighted by Gasteiger charge is 2.62. The first kappa shape index (κ1) is 19.6. The minimum atomic E-state index is -0.484. The molecule has 1 spiro atoms. The molecule has 0 radical (unpaired) electrons. The van der Waals surface area contributed by atoms with Gasteiger partial charge >= 0.3 is 6.09 Å². The van der Waals surface area contributed by atoms with Crippen molar-refractivity contribution < 1.29 is 9.53 Å². The van der Waals surface area contributed by atoms with Crippen LogP contribution >= 0.6 is 0 Å². The fourth-order valence-electron chi connectivity index (χ4n) is 5.61. The summed E-state index contributed by atoms with van der Waals surface area (Å²) in [6.07, 6.45) is 2.76. The zero-order valence-corrected chi connectivity index (χ0v) is 18.0. The topological polar surface area (TPSA) is 53.6 Å². The Morgan fingerprint density at radius 1 is 0.933 bits per heavy atom. The van der Waals surface area contributed by atoms with Gasteiger partial charge in [-0.1, -0.05) is 60.7 Å². The van der Waals surface area contributed by atoms with Gasteiger partial charge in [0.2, 0.25) is 0 Å². The Balaban J connectivity index is 1.47. The lowest BCUT2D eigenvalue weighted by molar-refractivity contribution is 0.0188. The summed E-state index contributed by atoms with van der Waals surface area (Å²) in [6.45, 7) is 5.80. The van der Waals surface area contributed by atoms with E-state index in [2.05, 4.69) is 71.3 Å². The van der Waals surface area contributed by atoms with Crippen molar-refractivity contribution in [1.29, 1.82) is 0 Å². The van der Waals surface area contributed by atoms with Gasteiger partial charge in [0.15, 0.2) is 0 Å². The van der Waals surface area contributed by atoms with Crippen molar-refractivity contribution in [3.05, 3.63) is 71.8 Å². The molecule has 3 aliphatic heterocycles. The molecule has 0 aromatic heterocycles. The Labute approximate surface area is 178 Å². The molecule has 2 N–H and O–H groups in total. The van der Waals surface area contributed by atoms with Crippen LogP contribution in [0.4, 0.5) is 4.79 Å². The molecular formula is C25H31N3O2. The summed E-state index contributed by atoms with van der Waals surface area (Å²) in [5.74, 6) is 0. The molecule has 1 amide bonds. The van der Waals surface area contributed by atoms with Gasteiger partial charge in [-0.2, -0.15) is 0 Å². The van der Waals surface area contributed by atoms with E-state index in [-0.39, 0.29) is 35.9 Å². The molecule has 3 saturated heterocycles. The highest BCUT2D eigenvalue weighted by atomic mass is 16.6. The van der Waals surface area contributed by atoms with Crippen LogP contribution in [0.25, 0.3) is 0 Å². The van der Waals surface area contributed by atoms with Gasteiger partial charge in [0.05, 0.1) is 23.8 Å². The molecule has 2 bridgehead atoms. The van der Waals surface area contributed by atoms with E-state index in [1.165, 1.54) is 11.1 Å². The van der Waals surface area contributed by atoms with E-state index < -0.39 is 5.60 Å². The van der Waals surface area contributed by atoms with Crippen LogP contribution in [0.5, 0.6) is 0 Å². The molecule has 3 heterocycles. The first-order chi connectivity index (χ1) is 14.4. The predicted molar refractivity (Wildman–Crippen MR) is 117 cm³/mol. The van der Waals surface area contributed by atoms with Gasteiger partial charge in [0.25, 0.3) is 0 Å². The molecule has 3 fully saturated rings. The van der Waals surface area contributed by atoms with Crippen molar-refractivity contribution in [2.24, 2.45) is 0 Å². The number of amides is 1. The van der Waals surface area contributed by atoms with E-state index in [4.69, 9.17) is 4.74 Å². The Morgan fingerprint density at radius 2 is 1.47 bits per heavy atom. The highest BCUT2D eigenvalue weighted by molar-refractivity contribution is 5.70. The van der Waals surface area contributed by atoms with E-state index >= 15 is 0 Å². The molecule has 0 saturated carbocycles. The summed E-state index contributed by atoms with van der Waals surface area (Å²) < 4.78 is 5.76. The number of nitrogens with one attached hydrogen (secondary N) is 2. The first-order valence-corrected chi connectivity index (χ1v) is 11.0. The van der Waals surface area contributed by atoms with Crippen molar-refractivity contribution in [3.63, 3.8) is 0 Å². The average Bonchev–Trinajstić information content (AvgIpc) is 3.39. The Bertz CT molecular complexity index is 861. The number of ether oxygens (including phenoxy) is 1. The van der Waals surface area contributed by atoms with Crippen LogP contribution in [-0.2, 0) is 4.74 Å². The fraction of sp³-hybridized carbons (Fsp3) is 0.480. The third-order valence-corrected chi connectivity index (χ3v) is 6.71. The number of nitrogens with zero attached hydrogens (tertiary/aromatic N) is 1. The van der Waals surface area contributed by atoms with Crippen molar-refractivity contribution in [3.8, 4) is 0 Å². The number of hydrogen-bond donors (Lipinski definition) is 2. The minimum Gasteiger partial charge on any atom is -0.444 e. The standard InChI is InChI=1S/C25H31N3O2/c1-24(2,3)30-23(29)28-19-14-15-20(28)25(16-19)26-21(17-10-6-4-7-11-17)22(27-25)18-12-8-5-9-13-18/h4-13,19-22,26-27H,14-16H2,1-3H3/t19?,20-,21+,22+/m0/s1. The second kappa shape index (κ2) is 7.10. The van der Waals surface area contributed by atoms with Crippen LogP contribution in [0.1, 0.15) is 63.2 Å². The molecule has 1 unspecified atom stereocenters. The summed E-state index contributed by atoms with van der Waals surface area (Å²) in [5.41, 5.74) is 1.76. The lowest BCUT2D eigenvalue weighted by Crippen LogP contribution is -2.59. The Kier molecular flexibility index (Phi) is 4.64. The summed E-state index contributed by atoms with van der Waals surface area (Å²) in [6, 6.07) is 21.9. The zero-order valence-electron chi connectivity index (χ0n) is 18.0. The van der Waals surface area contributed by atoms with Crippen molar-refractivity contribution >= 4 is 6.09 Å². The summed E-state index contributed by atoms with van der Waals surface area (Å²) in [7, 11) is 0. The van der Waals surface area contributed by atoms with Crippen LogP contribution in [0, 0.1) is 0 Å². The van der Waals surface area contributed by atoms with Crippen molar-refractivity contribution in [1.82, 2.24) is 15.5 Å². The number of carbonyl (C=O) groups excluding carboxylic acids is 1. The van der Waals surface area contributed by atoms with Crippen LogP contribution in [0.15, 0.2) is 60.7 Å². The van der Waals surface area contributed by atoms with Crippen LogP contribution in [-0.4, -0.2) is 34.3 Å². The number of fused-ring (bicyclic) bond motifs is 3. The smallest absolute Gasteiger partial charge is 0.410 e. The first-order valence-electron chi connectivity index (χ1n) is 11.0. The van der Waals surface area contributed by atoms with Gasteiger partial charge in [0, 0.05) is 12.5 Å². The van der Waals surface area contributed by atoms with Gasteiger partial charge in [-0.25, -0.2) is 4.79 Å². The average molecular weight is 406 g/mol. The summed E-state index contributed by atoms with van der Waals surface area (Å²) in [4.78, 5) is 15.0. The van der Waals surface area contributed by atoms with Crippen molar-refractivity contribution in [2.45, 2.75) is 75.5 Å². The minimum absolute atomic E-state index is 0.0947. The van der Waals surface area contributed by atoms with E-state index in [0.29, 0.717) is 0 Å². The monoisotopic (exact) mass is 405 g/mol. The normalized spacial score (nSPS) is 29.5. The van der Waals surface area contributed by atoms with Gasteiger partial charge < -0.3 is 4.74 Å². The lowest BCUT2D eigenvalue weighted by atomic mass is 9.89. The molecule has 158 valence electrons. The molecular weight excluding hydrogens is 374 g/mol. The quantitative estimate of drug-likeness (QED) is 0.771. The molecule has 5 rings (SSSR count). The maximum atomic E-state index is 13.0. The van der Waals surface area contributed by atoms with E-state index in [1.807, 2.05) is 25.7 Å². The van der Waals surface area contributed by atoms with Gasteiger partial charge in [-0.3, -0.25) is 15.5 Å². The number of hydrogen-bond acceptors (Lipinski definition) is 4. The molecule has 2 aromatic rings. The maximum Gasteiger partial charge on any atom is 0.410 e. The number of rotatable bonds is 2. The second-order valence-electron chi connectivity index (χ2n) is 9.88. The lowest BCUT2D eigenvalue weighted by Gasteiger charge is -2.35. The van der Waals surface area contributed by atoms with E-state index in [0.717, 1.165) is 19.3 Å². The zero-order chi connectivity index (χ0) is 20.9. The van der Waals surface area contributed by atoms with E-state index in [9.17, 15) is 4.79 Å². The molecule has 4 atom stereocenters. The number of carbonyl (C=O) groups is 1.